The van der Waals surface area contributed by atoms with E-state index in [1.807, 2.05) is 4.90 Å². The van der Waals surface area contributed by atoms with Crippen LogP contribution in [0.1, 0.15) is 11.1 Å². The number of carbonyl (C=O) groups is 1. The molecule has 3 rings (SSSR count). The normalized spacial score (nSPS) is 14.7. The zero-order chi connectivity index (χ0) is 18.4. The number of nitriles is 1. The van der Waals surface area contributed by atoms with Gasteiger partial charge < -0.3 is 10.2 Å². The summed E-state index contributed by atoms with van der Waals surface area (Å²) in [5.74, 6) is 0.251. The lowest BCUT2D eigenvalue weighted by Crippen LogP contribution is -2.49. The molecule has 0 radical (unpaired) electrons. The van der Waals surface area contributed by atoms with Crippen molar-refractivity contribution in [3.63, 3.8) is 0 Å². The van der Waals surface area contributed by atoms with E-state index in [0.29, 0.717) is 43.1 Å². The van der Waals surface area contributed by atoms with Crippen molar-refractivity contribution in [1.82, 2.24) is 15.2 Å². The number of nitrogens with one attached hydrogen (secondary N) is 1. The van der Waals surface area contributed by atoms with Crippen molar-refractivity contribution in [2.45, 2.75) is 6.54 Å². The third-order valence-electron chi connectivity index (χ3n) is 4.38. The Morgan fingerprint density at radius 1 is 1.19 bits per heavy atom. The summed E-state index contributed by atoms with van der Waals surface area (Å²) in [4.78, 5) is 20.5. The van der Waals surface area contributed by atoms with Crippen LogP contribution in [-0.4, -0.2) is 48.5 Å². The molecule has 1 fully saturated rings. The number of pyridine rings is 1. The zero-order valence-electron chi connectivity index (χ0n) is 14.4. The van der Waals surface area contributed by atoms with Crippen molar-refractivity contribution in [2.75, 3.05) is 37.6 Å². The van der Waals surface area contributed by atoms with Gasteiger partial charge in [0.1, 0.15) is 17.7 Å². The molecule has 1 N–H and O–H groups in total. The molecule has 1 aliphatic rings. The molecule has 1 saturated heterocycles. The van der Waals surface area contributed by atoms with E-state index in [9.17, 15) is 14.4 Å². The van der Waals surface area contributed by atoms with Gasteiger partial charge >= 0.3 is 0 Å². The Morgan fingerprint density at radius 3 is 2.69 bits per heavy atom. The van der Waals surface area contributed by atoms with Gasteiger partial charge in [-0.05, 0) is 18.2 Å². The summed E-state index contributed by atoms with van der Waals surface area (Å²) in [7, 11) is 0. The van der Waals surface area contributed by atoms with Crippen molar-refractivity contribution in [1.29, 1.82) is 5.26 Å². The molecule has 0 saturated carbocycles. The number of halogens is 1. The van der Waals surface area contributed by atoms with Gasteiger partial charge in [-0.3, -0.25) is 9.69 Å². The Balaban J connectivity index is 1.47. The molecule has 0 unspecified atom stereocenters. The third kappa shape index (κ3) is 4.35. The van der Waals surface area contributed by atoms with Gasteiger partial charge in [-0.25, -0.2) is 9.37 Å². The summed E-state index contributed by atoms with van der Waals surface area (Å²) in [6, 6.07) is 12.1. The molecule has 1 aromatic heterocycles. The van der Waals surface area contributed by atoms with Crippen LogP contribution in [0.15, 0.2) is 42.6 Å². The Hall–Kier alpha value is -2.98. The number of amides is 1. The van der Waals surface area contributed by atoms with E-state index in [1.54, 1.807) is 36.5 Å². The first kappa shape index (κ1) is 17.8. The van der Waals surface area contributed by atoms with E-state index in [1.165, 1.54) is 6.07 Å². The third-order valence-corrected chi connectivity index (χ3v) is 4.38. The second-order valence-electron chi connectivity index (χ2n) is 6.12. The Kier molecular flexibility index (Phi) is 5.77. The molecule has 0 aliphatic carbocycles. The van der Waals surface area contributed by atoms with Gasteiger partial charge in [0.25, 0.3) is 0 Å². The highest BCUT2D eigenvalue weighted by Gasteiger charge is 2.21. The highest BCUT2D eigenvalue weighted by Crippen LogP contribution is 2.17. The predicted molar refractivity (Wildman–Crippen MR) is 95.9 cm³/mol. The lowest BCUT2D eigenvalue weighted by molar-refractivity contribution is -0.122. The highest BCUT2D eigenvalue weighted by atomic mass is 19.1. The molecule has 7 heteroatoms. The van der Waals surface area contributed by atoms with Crippen molar-refractivity contribution >= 4 is 11.7 Å². The van der Waals surface area contributed by atoms with Gasteiger partial charge in [-0.15, -0.1) is 0 Å². The Labute approximate surface area is 151 Å². The fraction of sp³-hybridized carbons (Fsp3) is 0.316. The summed E-state index contributed by atoms with van der Waals surface area (Å²) in [6.45, 7) is 3.27. The van der Waals surface area contributed by atoms with Crippen LogP contribution in [0.4, 0.5) is 10.2 Å². The molecular weight excluding hydrogens is 333 g/mol. The first-order chi connectivity index (χ1) is 12.7. The molecule has 2 aromatic rings. The predicted octanol–water partition coefficient (Wildman–Crippen LogP) is 1.53. The summed E-state index contributed by atoms with van der Waals surface area (Å²) in [5.41, 5.74) is 1.04. The molecule has 0 bridgehead atoms. The molecule has 2 heterocycles. The van der Waals surface area contributed by atoms with Crippen LogP contribution >= 0.6 is 0 Å². The van der Waals surface area contributed by atoms with E-state index < -0.39 is 0 Å². The molecule has 134 valence electrons. The molecule has 6 nitrogen and oxygen atoms in total. The first-order valence-electron chi connectivity index (χ1n) is 8.50. The number of piperazine rings is 1. The second-order valence-corrected chi connectivity index (χ2v) is 6.12. The van der Waals surface area contributed by atoms with Crippen molar-refractivity contribution in [2.24, 2.45) is 0 Å². The van der Waals surface area contributed by atoms with Crippen LogP contribution in [-0.2, 0) is 11.3 Å². The Morgan fingerprint density at radius 2 is 1.96 bits per heavy atom. The van der Waals surface area contributed by atoms with E-state index >= 15 is 0 Å². The summed E-state index contributed by atoms with van der Waals surface area (Å²) in [5, 5.41) is 11.9. The summed E-state index contributed by atoms with van der Waals surface area (Å²) in [6.07, 6.45) is 1.68. The second kappa shape index (κ2) is 8.41. The maximum atomic E-state index is 13.6. The topological polar surface area (TPSA) is 72.3 Å². The molecule has 0 atom stereocenters. The van der Waals surface area contributed by atoms with Gasteiger partial charge in [0.05, 0.1) is 12.1 Å². The molecular formula is C19H20FN5O. The lowest BCUT2D eigenvalue weighted by atomic mass is 10.2. The van der Waals surface area contributed by atoms with Crippen LogP contribution in [0.3, 0.4) is 0 Å². The van der Waals surface area contributed by atoms with E-state index in [0.717, 1.165) is 0 Å². The van der Waals surface area contributed by atoms with Gasteiger partial charge in [-0.2, -0.15) is 5.26 Å². The van der Waals surface area contributed by atoms with E-state index in [-0.39, 0.29) is 24.8 Å². The molecule has 1 aliphatic heterocycles. The number of benzene rings is 1. The fourth-order valence-electron chi connectivity index (χ4n) is 2.95. The van der Waals surface area contributed by atoms with Crippen molar-refractivity contribution in [3.05, 3.63) is 59.5 Å². The lowest BCUT2D eigenvalue weighted by Gasteiger charge is -2.35. The molecule has 1 amide bonds. The average molecular weight is 353 g/mol. The number of carbonyl (C=O) groups excluding carboxylic acids is 1. The van der Waals surface area contributed by atoms with Crippen molar-refractivity contribution < 1.29 is 9.18 Å². The molecule has 0 spiro atoms. The molecule has 26 heavy (non-hydrogen) atoms. The van der Waals surface area contributed by atoms with Gasteiger partial charge in [0.15, 0.2) is 0 Å². The first-order valence-corrected chi connectivity index (χ1v) is 8.50. The number of hydrogen-bond acceptors (Lipinski definition) is 5. The summed E-state index contributed by atoms with van der Waals surface area (Å²) < 4.78 is 13.6. The number of nitrogens with zero attached hydrogens (tertiary/aromatic N) is 4. The van der Waals surface area contributed by atoms with Crippen molar-refractivity contribution in [3.8, 4) is 6.07 Å². The number of aromatic nitrogens is 1. The van der Waals surface area contributed by atoms with Crippen LogP contribution in [0.2, 0.25) is 0 Å². The monoisotopic (exact) mass is 353 g/mol. The quantitative estimate of drug-likeness (QED) is 0.883. The summed E-state index contributed by atoms with van der Waals surface area (Å²) >= 11 is 0. The van der Waals surface area contributed by atoms with Crippen LogP contribution in [0.5, 0.6) is 0 Å². The highest BCUT2D eigenvalue weighted by molar-refractivity contribution is 5.78. The van der Waals surface area contributed by atoms with Gasteiger partial charge in [0.2, 0.25) is 5.91 Å². The maximum absolute atomic E-state index is 13.6. The van der Waals surface area contributed by atoms with E-state index in [2.05, 4.69) is 21.3 Å². The minimum atomic E-state index is -0.315. The minimum Gasteiger partial charge on any atom is -0.353 e. The average Bonchev–Trinajstić information content (AvgIpc) is 2.68. The van der Waals surface area contributed by atoms with Gasteiger partial charge in [-0.1, -0.05) is 18.2 Å². The van der Waals surface area contributed by atoms with Crippen LogP contribution in [0, 0.1) is 17.1 Å². The number of anilines is 1. The minimum absolute atomic E-state index is 0.128. The van der Waals surface area contributed by atoms with Crippen LogP contribution in [0.25, 0.3) is 0 Å². The number of hydrogen-bond donors (Lipinski definition) is 1. The molecule has 1 aromatic carbocycles. The fourth-order valence-corrected chi connectivity index (χ4v) is 2.95. The van der Waals surface area contributed by atoms with Gasteiger partial charge in [0, 0.05) is 44.5 Å². The Bertz CT molecular complexity index is 812. The van der Waals surface area contributed by atoms with Crippen LogP contribution < -0.4 is 10.2 Å². The number of rotatable bonds is 5. The smallest absolute Gasteiger partial charge is 0.234 e. The standard InChI is InChI=1S/C19H20FN5O/c20-17-6-2-1-4-16(17)13-23-18(26)14-24-8-10-25(11-9-24)19-15(12-21)5-3-7-22-19/h1-7H,8-11,13-14H2,(H,23,26). The van der Waals surface area contributed by atoms with E-state index in [4.69, 9.17) is 0 Å². The maximum Gasteiger partial charge on any atom is 0.234 e. The zero-order valence-corrected chi connectivity index (χ0v) is 14.4. The SMILES string of the molecule is N#Cc1cccnc1N1CCN(CC(=O)NCc2ccccc2F)CC1. The largest absolute Gasteiger partial charge is 0.353 e.